The SMILES string of the molecule is CC/C(=C\c1ccccc1O)CC[C@H]1OB(O)C[C@H]2C1=C(C(C)C)C[C@H]1C(=O)N(c3ccc(Nc4ccccc4)cc3)C(=O)[C@H]12. The highest BCUT2D eigenvalue weighted by Gasteiger charge is 2.57. The number of anilines is 3. The normalized spacial score (nSPS) is 23.4. The van der Waals surface area contributed by atoms with Crippen LogP contribution in [-0.4, -0.2) is 35.2 Å². The number of phenolic OH excluding ortho intramolecular Hbond substituents is 1. The van der Waals surface area contributed by atoms with Gasteiger partial charge in [0.15, 0.2) is 0 Å². The van der Waals surface area contributed by atoms with Crippen molar-refractivity contribution in [1.82, 2.24) is 0 Å². The number of allylic oxidation sites excluding steroid dienone is 2. The molecule has 2 aliphatic heterocycles. The first-order valence-corrected chi connectivity index (χ1v) is 16.1. The summed E-state index contributed by atoms with van der Waals surface area (Å²) in [5, 5.41) is 24.6. The van der Waals surface area contributed by atoms with Crippen molar-refractivity contribution in [3.8, 4) is 5.75 Å². The van der Waals surface area contributed by atoms with E-state index in [1.165, 1.54) is 16.0 Å². The predicted octanol–water partition coefficient (Wildman–Crippen LogP) is 7.37. The van der Waals surface area contributed by atoms with Gasteiger partial charge in [-0.1, -0.05) is 74.4 Å². The first-order chi connectivity index (χ1) is 21.7. The molecular formula is C37H41BN2O5. The zero-order valence-corrected chi connectivity index (χ0v) is 26.1. The number of nitrogens with one attached hydrogen (secondary N) is 1. The van der Waals surface area contributed by atoms with E-state index in [9.17, 15) is 19.7 Å². The average Bonchev–Trinajstić information content (AvgIpc) is 3.29. The van der Waals surface area contributed by atoms with Gasteiger partial charge in [0.1, 0.15) is 5.75 Å². The maximum atomic E-state index is 14.1. The van der Waals surface area contributed by atoms with Crippen LogP contribution in [0.3, 0.4) is 0 Å². The number of rotatable bonds is 9. The first-order valence-electron chi connectivity index (χ1n) is 16.1. The van der Waals surface area contributed by atoms with Gasteiger partial charge in [-0.25, -0.2) is 0 Å². The van der Waals surface area contributed by atoms with Crippen molar-refractivity contribution >= 4 is 42.1 Å². The van der Waals surface area contributed by atoms with E-state index in [0.717, 1.165) is 35.4 Å². The monoisotopic (exact) mass is 604 g/mol. The molecule has 232 valence electrons. The summed E-state index contributed by atoms with van der Waals surface area (Å²) in [4.78, 5) is 29.4. The molecule has 0 radical (unpaired) electrons. The van der Waals surface area contributed by atoms with Crippen molar-refractivity contribution in [2.45, 2.75) is 58.9 Å². The third-order valence-electron chi connectivity index (χ3n) is 9.61. The maximum Gasteiger partial charge on any atom is 0.455 e. The molecule has 2 saturated heterocycles. The van der Waals surface area contributed by atoms with E-state index >= 15 is 0 Å². The molecule has 45 heavy (non-hydrogen) atoms. The average molecular weight is 605 g/mol. The molecule has 4 atom stereocenters. The molecule has 2 fully saturated rings. The van der Waals surface area contributed by atoms with Gasteiger partial charge in [-0.05, 0) is 91.9 Å². The van der Waals surface area contributed by atoms with Crippen molar-refractivity contribution in [3.63, 3.8) is 0 Å². The summed E-state index contributed by atoms with van der Waals surface area (Å²) >= 11 is 0. The number of hydrogen-bond acceptors (Lipinski definition) is 6. The van der Waals surface area contributed by atoms with Gasteiger partial charge < -0.3 is 20.1 Å². The van der Waals surface area contributed by atoms with Crippen LogP contribution < -0.4 is 10.2 Å². The quantitative estimate of drug-likeness (QED) is 0.134. The van der Waals surface area contributed by atoms with Crippen LogP contribution in [0, 0.1) is 23.7 Å². The minimum absolute atomic E-state index is 0.164. The minimum atomic E-state index is -1.01. The largest absolute Gasteiger partial charge is 0.507 e. The minimum Gasteiger partial charge on any atom is -0.507 e. The number of carbonyl (C=O) groups is 2. The van der Waals surface area contributed by atoms with Gasteiger partial charge in [0.05, 0.1) is 23.6 Å². The lowest BCUT2D eigenvalue weighted by molar-refractivity contribution is -0.122. The molecule has 0 aromatic heterocycles. The number of nitrogens with zero attached hydrogens (tertiary/aromatic N) is 1. The van der Waals surface area contributed by atoms with Crippen molar-refractivity contribution in [2.24, 2.45) is 23.7 Å². The van der Waals surface area contributed by atoms with E-state index in [4.69, 9.17) is 4.65 Å². The second kappa shape index (κ2) is 13.1. The molecule has 3 aliphatic rings. The van der Waals surface area contributed by atoms with Gasteiger partial charge in [0.2, 0.25) is 11.8 Å². The summed E-state index contributed by atoms with van der Waals surface area (Å²) in [5.41, 5.74) is 6.60. The van der Waals surface area contributed by atoms with E-state index in [-0.39, 0.29) is 35.5 Å². The zero-order chi connectivity index (χ0) is 31.7. The van der Waals surface area contributed by atoms with E-state index < -0.39 is 19.0 Å². The summed E-state index contributed by atoms with van der Waals surface area (Å²) in [5.74, 6) is -1.19. The number of para-hydroxylation sites is 2. The van der Waals surface area contributed by atoms with Crippen molar-refractivity contribution in [3.05, 3.63) is 101 Å². The molecular weight excluding hydrogens is 563 g/mol. The van der Waals surface area contributed by atoms with Gasteiger partial charge in [0, 0.05) is 16.9 Å². The Morgan fingerprint density at radius 2 is 1.67 bits per heavy atom. The standard InChI is InChI=1S/C37H41BN2O5/c1-4-24(20-25-10-8-9-13-32(25)41)14-19-33-34-29(23(2)3)21-30-35(31(34)22-38(44)45-33)37(43)40(36(30)42)28-17-15-27(16-18-28)39-26-11-6-5-7-12-26/h5-13,15-18,20,23,30-31,33,35,39,41,44H,4,14,19,21-22H2,1-3H3/b24-20+/t30-,31+,33-,35-/m1/s1. The molecule has 0 bridgehead atoms. The molecule has 1 aliphatic carbocycles. The second-order valence-corrected chi connectivity index (χ2v) is 12.7. The number of fused-ring (bicyclic) bond motifs is 3. The van der Waals surface area contributed by atoms with Gasteiger partial charge >= 0.3 is 7.12 Å². The molecule has 0 unspecified atom stereocenters. The third kappa shape index (κ3) is 6.22. The van der Waals surface area contributed by atoms with Crippen LogP contribution in [0.4, 0.5) is 17.1 Å². The van der Waals surface area contributed by atoms with Crippen LogP contribution in [0.2, 0.25) is 6.32 Å². The summed E-state index contributed by atoms with van der Waals surface area (Å²) in [7, 11) is -1.01. The van der Waals surface area contributed by atoms with Gasteiger partial charge in [-0.3, -0.25) is 14.5 Å². The smallest absolute Gasteiger partial charge is 0.455 e. The molecule has 2 heterocycles. The van der Waals surface area contributed by atoms with Crippen molar-refractivity contribution < 1.29 is 24.4 Å². The van der Waals surface area contributed by atoms with Crippen LogP contribution in [0.1, 0.15) is 52.0 Å². The highest BCUT2D eigenvalue weighted by Crippen LogP contribution is 2.52. The fourth-order valence-electron chi connectivity index (χ4n) is 7.38. The molecule has 7 nitrogen and oxygen atoms in total. The number of aromatic hydroxyl groups is 1. The van der Waals surface area contributed by atoms with Crippen LogP contribution in [0.5, 0.6) is 5.75 Å². The molecule has 3 aromatic carbocycles. The summed E-state index contributed by atoms with van der Waals surface area (Å²) in [6.07, 6.45) is 4.67. The van der Waals surface area contributed by atoms with E-state index in [0.29, 0.717) is 24.8 Å². The Hall–Kier alpha value is -4.14. The number of phenols is 1. The summed E-state index contributed by atoms with van der Waals surface area (Å²) < 4.78 is 6.19. The Kier molecular flexibility index (Phi) is 8.97. The van der Waals surface area contributed by atoms with Crippen LogP contribution >= 0.6 is 0 Å². The summed E-state index contributed by atoms with van der Waals surface area (Å²) in [6.45, 7) is 6.36. The highest BCUT2D eigenvalue weighted by atomic mass is 16.5. The Bertz CT molecular complexity index is 1620. The second-order valence-electron chi connectivity index (χ2n) is 12.7. The predicted molar refractivity (Wildman–Crippen MR) is 179 cm³/mol. The lowest BCUT2D eigenvalue weighted by atomic mass is 9.57. The zero-order valence-electron chi connectivity index (χ0n) is 26.1. The van der Waals surface area contributed by atoms with E-state index in [1.54, 1.807) is 12.1 Å². The van der Waals surface area contributed by atoms with Gasteiger partial charge in [-0.2, -0.15) is 0 Å². The molecule has 0 spiro atoms. The number of amides is 2. The molecule has 0 saturated carbocycles. The van der Waals surface area contributed by atoms with Crippen LogP contribution in [0.15, 0.2) is 95.6 Å². The van der Waals surface area contributed by atoms with Crippen LogP contribution in [-0.2, 0) is 14.2 Å². The number of hydrogen-bond donors (Lipinski definition) is 3. The Morgan fingerprint density at radius 3 is 2.36 bits per heavy atom. The molecule has 3 N–H and O–H groups in total. The van der Waals surface area contributed by atoms with Crippen molar-refractivity contribution in [2.75, 3.05) is 10.2 Å². The number of carbonyl (C=O) groups excluding carboxylic acids is 2. The first kappa shape index (κ1) is 30.9. The fraction of sp³-hybridized carbons (Fsp3) is 0.351. The van der Waals surface area contributed by atoms with Gasteiger partial charge in [0.25, 0.3) is 0 Å². The molecule has 6 rings (SSSR count). The number of benzene rings is 3. The number of imide groups is 1. The fourth-order valence-corrected chi connectivity index (χ4v) is 7.38. The molecule has 3 aromatic rings. The topological polar surface area (TPSA) is 99.1 Å². The van der Waals surface area contributed by atoms with E-state index in [1.807, 2.05) is 72.8 Å². The van der Waals surface area contributed by atoms with Crippen molar-refractivity contribution in [1.29, 1.82) is 0 Å². The van der Waals surface area contributed by atoms with E-state index in [2.05, 4.69) is 26.1 Å². The Labute approximate surface area is 265 Å². The highest BCUT2D eigenvalue weighted by molar-refractivity contribution is 6.43. The Morgan fingerprint density at radius 1 is 0.978 bits per heavy atom. The summed E-state index contributed by atoms with van der Waals surface area (Å²) in [6, 6.07) is 24.5. The van der Waals surface area contributed by atoms with Gasteiger partial charge in [-0.15, -0.1) is 0 Å². The Balaban J connectivity index is 1.25. The lowest BCUT2D eigenvalue weighted by Gasteiger charge is -2.44. The third-order valence-corrected chi connectivity index (χ3v) is 9.61. The molecule has 2 amide bonds. The maximum absolute atomic E-state index is 14.1. The van der Waals surface area contributed by atoms with Crippen LogP contribution in [0.25, 0.3) is 6.08 Å². The lowest BCUT2D eigenvalue weighted by Crippen LogP contribution is -2.46. The molecule has 8 heteroatoms.